The first-order valence-electron chi connectivity index (χ1n) is 8.53. The molecule has 0 aliphatic carbocycles. The van der Waals surface area contributed by atoms with Crippen molar-refractivity contribution >= 4 is 23.3 Å². The molecule has 1 aliphatic rings. The predicted octanol–water partition coefficient (Wildman–Crippen LogP) is 1.64. The molecule has 0 saturated carbocycles. The molecule has 132 valence electrons. The number of likely N-dealkylation sites (tertiary alicyclic amines) is 1. The summed E-state index contributed by atoms with van der Waals surface area (Å²) in [5.74, 6) is -1.09. The van der Waals surface area contributed by atoms with Crippen LogP contribution in [-0.2, 0) is 23.1 Å². The molecule has 7 nitrogen and oxygen atoms in total. The van der Waals surface area contributed by atoms with E-state index in [1.807, 2.05) is 18.2 Å². The van der Waals surface area contributed by atoms with Crippen LogP contribution in [0.4, 0.5) is 11.5 Å². The van der Waals surface area contributed by atoms with Crippen molar-refractivity contribution in [3.05, 3.63) is 42.1 Å². The fourth-order valence-corrected chi connectivity index (χ4v) is 2.94. The van der Waals surface area contributed by atoms with Crippen LogP contribution in [0.5, 0.6) is 0 Å². The minimum atomic E-state index is -0.735. The molecule has 2 aromatic rings. The molecule has 1 aromatic carbocycles. The van der Waals surface area contributed by atoms with Crippen molar-refractivity contribution in [1.29, 1.82) is 0 Å². The first-order chi connectivity index (χ1) is 12.1. The molecule has 2 N–H and O–H groups in total. The molecule has 0 radical (unpaired) electrons. The monoisotopic (exact) mass is 341 g/mol. The summed E-state index contributed by atoms with van der Waals surface area (Å²) in [4.78, 5) is 26.4. The summed E-state index contributed by atoms with van der Waals surface area (Å²) in [5, 5.41) is 9.12. The summed E-state index contributed by atoms with van der Waals surface area (Å²) in [6.07, 6.45) is 5.18. The van der Waals surface area contributed by atoms with Gasteiger partial charge in [-0.25, -0.2) is 0 Å². The number of hydrogen-bond donors (Lipinski definition) is 2. The largest absolute Gasteiger partial charge is 0.318 e. The van der Waals surface area contributed by atoms with E-state index in [9.17, 15) is 9.59 Å². The van der Waals surface area contributed by atoms with Crippen LogP contribution < -0.4 is 10.6 Å². The summed E-state index contributed by atoms with van der Waals surface area (Å²) in [5.41, 5.74) is 1.77. The minimum absolute atomic E-state index is 0.349. The van der Waals surface area contributed by atoms with E-state index in [4.69, 9.17) is 0 Å². The zero-order chi connectivity index (χ0) is 17.6. The quantitative estimate of drug-likeness (QED) is 0.810. The predicted molar refractivity (Wildman–Crippen MR) is 96.3 cm³/mol. The summed E-state index contributed by atoms with van der Waals surface area (Å²) < 4.78 is 1.55. The number of hydrogen-bond acceptors (Lipinski definition) is 4. The molecule has 0 unspecified atom stereocenters. The van der Waals surface area contributed by atoms with E-state index >= 15 is 0 Å². The van der Waals surface area contributed by atoms with Gasteiger partial charge in [0.15, 0.2) is 5.82 Å². The van der Waals surface area contributed by atoms with Crippen LogP contribution in [0.2, 0.25) is 0 Å². The van der Waals surface area contributed by atoms with Crippen molar-refractivity contribution in [3.63, 3.8) is 0 Å². The topological polar surface area (TPSA) is 79.3 Å². The van der Waals surface area contributed by atoms with Gasteiger partial charge in [-0.1, -0.05) is 12.1 Å². The molecular weight excluding hydrogens is 318 g/mol. The molecule has 0 atom stereocenters. The van der Waals surface area contributed by atoms with Crippen LogP contribution in [0.25, 0.3) is 0 Å². The average Bonchev–Trinajstić information content (AvgIpc) is 3.25. The van der Waals surface area contributed by atoms with Gasteiger partial charge in [-0.05, 0) is 50.0 Å². The van der Waals surface area contributed by atoms with Crippen molar-refractivity contribution in [3.8, 4) is 0 Å². The third-order valence-corrected chi connectivity index (χ3v) is 4.26. The molecule has 1 aromatic heterocycles. The highest BCUT2D eigenvalue weighted by atomic mass is 16.2. The van der Waals surface area contributed by atoms with Gasteiger partial charge in [-0.15, -0.1) is 0 Å². The summed E-state index contributed by atoms with van der Waals surface area (Å²) in [6.45, 7) is 3.37. The lowest BCUT2D eigenvalue weighted by molar-refractivity contribution is -0.133. The van der Waals surface area contributed by atoms with Gasteiger partial charge in [-0.3, -0.25) is 14.3 Å². The molecule has 0 spiro atoms. The number of benzene rings is 1. The highest BCUT2D eigenvalue weighted by Crippen LogP contribution is 2.14. The first kappa shape index (κ1) is 17.2. The van der Waals surface area contributed by atoms with E-state index in [0.29, 0.717) is 11.5 Å². The van der Waals surface area contributed by atoms with Crippen molar-refractivity contribution in [2.24, 2.45) is 7.05 Å². The Bertz CT molecular complexity index is 749. The molecule has 1 aliphatic heterocycles. The average molecular weight is 341 g/mol. The third kappa shape index (κ3) is 4.90. The van der Waals surface area contributed by atoms with Crippen LogP contribution in [0.3, 0.4) is 0 Å². The van der Waals surface area contributed by atoms with E-state index in [1.165, 1.54) is 25.9 Å². The van der Waals surface area contributed by atoms with E-state index in [-0.39, 0.29) is 0 Å². The number of anilines is 2. The van der Waals surface area contributed by atoms with Crippen molar-refractivity contribution in [1.82, 2.24) is 14.7 Å². The highest BCUT2D eigenvalue weighted by molar-refractivity contribution is 6.43. The normalized spacial score (nSPS) is 14.4. The van der Waals surface area contributed by atoms with Crippen LogP contribution in [0, 0.1) is 0 Å². The van der Waals surface area contributed by atoms with Crippen molar-refractivity contribution in [2.45, 2.75) is 19.3 Å². The number of amides is 2. The SMILES string of the molecule is Cn1ccc(NC(=O)C(=O)Nc2cccc(CCN3CCCC3)c2)n1. The molecule has 3 rings (SSSR count). The van der Waals surface area contributed by atoms with E-state index in [2.05, 4.69) is 20.6 Å². The highest BCUT2D eigenvalue weighted by Gasteiger charge is 2.15. The van der Waals surface area contributed by atoms with Gasteiger partial charge in [0.2, 0.25) is 0 Å². The summed E-state index contributed by atoms with van der Waals surface area (Å²) in [6, 6.07) is 9.27. The molecule has 2 amide bonds. The maximum atomic E-state index is 12.0. The molecule has 1 fully saturated rings. The fourth-order valence-electron chi connectivity index (χ4n) is 2.94. The fraction of sp³-hybridized carbons (Fsp3) is 0.389. The van der Waals surface area contributed by atoms with E-state index in [1.54, 1.807) is 30.1 Å². The Labute approximate surface area is 147 Å². The second kappa shape index (κ2) is 7.94. The van der Waals surface area contributed by atoms with Crippen LogP contribution in [0.1, 0.15) is 18.4 Å². The van der Waals surface area contributed by atoms with Crippen molar-refractivity contribution in [2.75, 3.05) is 30.3 Å². The van der Waals surface area contributed by atoms with Gasteiger partial charge >= 0.3 is 11.8 Å². The van der Waals surface area contributed by atoms with Crippen LogP contribution in [-0.4, -0.2) is 46.1 Å². The summed E-state index contributed by atoms with van der Waals surface area (Å²) >= 11 is 0. The van der Waals surface area contributed by atoms with E-state index < -0.39 is 11.8 Å². The Morgan fingerprint density at radius 3 is 2.60 bits per heavy atom. The molecule has 0 bridgehead atoms. The van der Waals surface area contributed by atoms with Gasteiger partial charge in [0.1, 0.15) is 0 Å². The molecule has 7 heteroatoms. The molecule has 1 saturated heterocycles. The molecule has 25 heavy (non-hydrogen) atoms. The second-order valence-electron chi connectivity index (χ2n) is 6.28. The van der Waals surface area contributed by atoms with Gasteiger partial charge in [0, 0.05) is 31.5 Å². The molecular formula is C18H23N5O2. The van der Waals surface area contributed by atoms with Gasteiger partial charge in [-0.2, -0.15) is 5.10 Å². The smallest absolute Gasteiger partial charge is 0.315 e. The molecule has 2 heterocycles. The lowest BCUT2D eigenvalue weighted by Crippen LogP contribution is -2.29. The Balaban J connectivity index is 1.53. The van der Waals surface area contributed by atoms with Gasteiger partial charge in [0.05, 0.1) is 0 Å². The summed E-state index contributed by atoms with van der Waals surface area (Å²) in [7, 11) is 1.74. The van der Waals surface area contributed by atoms with Crippen molar-refractivity contribution < 1.29 is 9.59 Å². The minimum Gasteiger partial charge on any atom is -0.318 e. The Kier molecular flexibility index (Phi) is 5.45. The maximum Gasteiger partial charge on any atom is 0.315 e. The Morgan fingerprint density at radius 2 is 1.88 bits per heavy atom. The standard InChI is InChI=1S/C18H23N5O2/c1-22-11-8-16(21-22)20-18(25)17(24)19-15-6-4-5-14(13-15)7-12-23-9-2-3-10-23/h4-6,8,11,13H,2-3,7,9-10,12H2,1H3,(H,19,24)(H,20,21,25). The number of nitrogens with zero attached hydrogens (tertiary/aromatic N) is 3. The van der Waals surface area contributed by atoms with Crippen LogP contribution >= 0.6 is 0 Å². The Hall–Kier alpha value is -2.67. The lowest BCUT2D eigenvalue weighted by Gasteiger charge is -2.14. The van der Waals surface area contributed by atoms with Crippen LogP contribution in [0.15, 0.2) is 36.5 Å². The number of aromatic nitrogens is 2. The number of aryl methyl sites for hydroxylation is 1. The Morgan fingerprint density at radius 1 is 1.12 bits per heavy atom. The number of carbonyl (C=O) groups is 2. The second-order valence-corrected chi connectivity index (χ2v) is 6.28. The van der Waals surface area contributed by atoms with Gasteiger partial charge in [0.25, 0.3) is 0 Å². The number of nitrogens with one attached hydrogen (secondary N) is 2. The maximum absolute atomic E-state index is 12.0. The number of rotatable bonds is 5. The zero-order valence-corrected chi connectivity index (χ0v) is 14.4. The van der Waals surface area contributed by atoms with Gasteiger partial charge < -0.3 is 15.5 Å². The third-order valence-electron chi connectivity index (χ3n) is 4.26. The first-order valence-corrected chi connectivity index (χ1v) is 8.53. The van der Waals surface area contributed by atoms with E-state index in [0.717, 1.165) is 18.5 Å². The zero-order valence-electron chi connectivity index (χ0n) is 14.4. The lowest BCUT2D eigenvalue weighted by atomic mass is 10.1. The number of carbonyl (C=O) groups excluding carboxylic acids is 2.